The molecule has 1 amide bonds. The zero-order valence-corrected chi connectivity index (χ0v) is 9.12. The van der Waals surface area contributed by atoms with Gasteiger partial charge >= 0.3 is 0 Å². The second kappa shape index (κ2) is 4.93. The van der Waals surface area contributed by atoms with E-state index in [1.807, 2.05) is 13.8 Å². The molecule has 1 aromatic heterocycles. The van der Waals surface area contributed by atoms with Crippen LogP contribution in [0.1, 0.15) is 32.4 Å². The molecule has 0 unspecified atom stereocenters. The van der Waals surface area contributed by atoms with Crippen LogP contribution in [-0.2, 0) is 11.3 Å². The molecule has 0 aromatic carbocycles. The van der Waals surface area contributed by atoms with Gasteiger partial charge in [0.05, 0.1) is 6.54 Å². The van der Waals surface area contributed by atoms with Gasteiger partial charge in [0, 0.05) is 18.0 Å². The van der Waals surface area contributed by atoms with E-state index >= 15 is 0 Å². The van der Waals surface area contributed by atoms with Gasteiger partial charge in [-0.25, -0.2) is 0 Å². The largest absolute Gasteiger partial charge is 0.364 e. The lowest BCUT2D eigenvalue weighted by Crippen LogP contribution is -2.34. The Morgan fingerprint density at radius 2 is 2.40 bits per heavy atom. The molecule has 0 saturated heterocycles. The average molecular weight is 211 g/mol. The summed E-state index contributed by atoms with van der Waals surface area (Å²) in [6, 6.07) is 1.72. The number of hydrogen-bond donors (Lipinski definition) is 2. The van der Waals surface area contributed by atoms with E-state index in [9.17, 15) is 4.79 Å². The molecule has 84 valence electrons. The van der Waals surface area contributed by atoms with E-state index in [4.69, 9.17) is 5.73 Å². The van der Waals surface area contributed by atoms with Crippen LogP contribution in [0.4, 0.5) is 0 Å². The molecular formula is C10H17N3O2. The van der Waals surface area contributed by atoms with Crippen molar-refractivity contribution in [1.82, 2.24) is 10.5 Å². The van der Waals surface area contributed by atoms with Gasteiger partial charge < -0.3 is 15.6 Å². The topological polar surface area (TPSA) is 81.2 Å². The van der Waals surface area contributed by atoms with Gasteiger partial charge in [0.25, 0.3) is 0 Å². The molecule has 3 N–H and O–H groups in total. The second-order valence-electron chi connectivity index (χ2n) is 4.26. The second-order valence-corrected chi connectivity index (χ2v) is 4.26. The summed E-state index contributed by atoms with van der Waals surface area (Å²) in [5, 5.41) is 6.42. The molecule has 0 saturated carbocycles. The molecule has 15 heavy (non-hydrogen) atoms. The van der Waals surface area contributed by atoms with Crippen LogP contribution in [0.3, 0.4) is 0 Å². The predicted octanol–water partition coefficient (Wildman–Crippen LogP) is 0.808. The Balaban J connectivity index is 2.20. The van der Waals surface area contributed by atoms with Crippen LogP contribution < -0.4 is 11.1 Å². The van der Waals surface area contributed by atoms with E-state index in [-0.39, 0.29) is 11.4 Å². The van der Waals surface area contributed by atoms with Gasteiger partial charge in [0.15, 0.2) is 0 Å². The Morgan fingerprint density at radius 1 is 1.67 bits per heavy atom. The van der Waals surface area contributed by atoms with E-state index in [0.717, 1.165) is 5.69 Å². The number of rotatable bonds is 5. The first-order valence-corrected chi connectivity index (χ1v) is 4.92. The molecule has 0 radical (unpaired) electrons. The molecule has 5 nitrogen and oxygen atoms in total. The maximum Gasteiger partial charge on any atom is 0.220 e. The quantitative estimate of drug-likeness (QED) is 0.755. The van der Waals surface area contributed by atoms with E-state index in [1.54, 1.807) is 6.07 Å². The minimum Gasteiger partial charge on any atom is -0.364 e. The van der Waals surface area contributed by atoms with E-state index in [1.165, 1.54) is 6.26 Å². The normalized spacial score (nSPS) is 11.4. The summed E-state index contributed by atoms with van der Waals surface area (Å²) in [6.45, 7) is 4.20. The summed E-state index contributed by atoms with van der Waals surface area (Å²) in [5.74, 6) is -0.0171. The Bertz CT molecular complexity index is 301. The van der Waals surface area contributed by atoms with Crippen LogP contribution in [0.2, 0.25) is 0 Å². The van der Waals surface area contributed by atoms with Gasteiger partial charge in [-0.15, -0.1) is 0 Å². The minimum absolute atomic E-state index is 0.0171. The minimum atomic E-state index is -0.300. The maximum atomic E-state index is 11.4. The highest BCUT2D eigenvalue weighted by Gasteiger charge is 2.13. The molecule has 0 fully saturated rings. The Hall–Kier alpha value is -1.36. The van der Waals surface area contributed by atoms with E-state index in [0.29, 0.717) is 19.4 Å². The third kappa shape index (κ3) is 5.17. The van der Waals surface area contributed by atoms with Gasteiger partial charge in [-0.3, -0.25) is 4.79 Å². The lowest BCUT2D eigenvalue weighted by atomic mass is 10.00. The molecule has 0 bridgehead atoms. The first-order chi connectivity index (χ1) is 6.97. The third-order valence-electron chi connectivity index (χ3n) is 1.95. The average Bonchev–Trinajstić information content (AvgIpc) is 2.62. The summed E-state index contributed by atoms with van der Waals surface area (Å²) in [6.07, 6.45) is 2.57. The first kappa shape index (κ1) is 11.7. The number of aromatic nitrogens is 1. The summed E-state index contributed by atoms with van der Waals surface area (Å²) >= 11 is 0. The van der Waals surface area contributed by atoms with Crippen LogP contribution in [0.15, 0.2) is 16.9 Å². The van der Waals surface area contributed by atoms with Crippen LogP contribution in [0.25, 0.3) is 0 Å². The smallest absolute Gasteiger partial charge is 0.220 e. The summed E-state index contributed by atoms with van der Waals surface area (Å²) in [4.78, 5) is 11.4. The van der Waals surface area contributed by atoms with Crippen molar-refractivity contribution in [1.29, 1.82) is 0 Å². The molecule has 5 heteroatoms. The van der Waals surface area contributed by atoms with Crippen molar-refractivity contribution in [2.24, 2.45) is 5.73 Å². The fourth-order valence-electron chi connectivity index (χ4n) is 1.04. The molecule has 1 aromatic rings. The number of hydrogen-bond acceptors (Lipinski definition) is 4. The molecule has 0 spiro atoms. The Kier molecular flexibility index (Phi) is 3.85. The lowest BCUT2D eigenvalue weighted by Gasteiger charge is -2.17. The number of carbonyl (C=O) groups excluding carboxylic acids is 1. The molecule has 0 atom stereocenters. The summed E-state index contributed by atoms with van der Waals surface area (Å²) in [7, 11) is 0. The summed E-state index contributed by atoms with van der Waals surface area (Å²) < 4.78 is 4.64. The van der Waals surface area contributed by atoms with Crippen LogP contribution in [0, 0.1) is 0 Å². The van der Waals surface area contributed by atoms with Crippen molar-refractivity contribution in [3.05, 3.63) is 18.0 Å². The highest BCUT2D eigenvalue weighted by Crippen LogP contribution is 2.06. The molecule has 1 rings (SSSR count). The van der Waals surface area contributed by atoms with Crippen LogP contribution >= 0.6 is 0 Å². The number of amides is 1. The standard InChI is InChI=1S/C10H17N3O2/c1-10(2,11)5-3-9(14)12-7-8-4-6-15-13-8/h4,6H,3,5,7,11H2,1-2H3,(H,12,14). The SMILES string of the molecule is CC(C)(N)CCC(=O)NCc1ccon1. The first-order valence-electron chi connectivity index (χ1n) is 4.92. The van der Waals surface area contributed by atoms with Gasteiger partial charge in [0.2, 0.25) is 5.91 Å². The Labute approximate surface area is 89.0 Å². The van der Waals surface area contributed by atoms with E-state index in [2.05, 4.69) is 15.0 Å². The van der Waals surface area contributed by atoms with Crippen molar-refractivity contribution in [3.8, 4) is 0 Å². The van der Waals surface area contributed by atoms with Gasteiger partial charge in [-0.05, 0) is 20.3 Å². The molecule has 0 aliphatic rings. The van der Waals surface area contributed by atoms with Gasteiger partial charge in [0.1, 0.15) is 12.0 Å². The maximum absolute atomic E-state index is 11.4. The predicted molar refractivity (Wildman–Crippen MR) is 55.9 cm³/mol. The zero-order chi connectivity index (χ0) is 11.3. The van der Waals surface area contributed by atoms with Gasteiger partial charge in [-0.2, -0.15) is 0 Å². The fraction of sp³-hybridized carbons (Fsp3) is 0.600. The van der Waals surface area contributed by atoms with Crippen molar-refractivity contribution in [2.75, 3.05) is 0 Å². The molecular weight excluding hydrogens is 194 g/mol. The number of carbonyl (C=O) groups is 1. The Morgan fingerprint density at radius 3 is 2.93 bits per heavy atom. The number of nitrogens with zero attached hydrogens (tertiary/aromatic N) is 1. The van der Waals surface area contributed by atoms with Crippen molar-refractivity contribution < 1.29 is 9.32 Å². The van der Waals surface area contributed by atoms with Crippen molar-refractivity contribution in [3.63, 3.8) is 0 Å². The highest BCUT2D eigenvalue weighted by atomic mass is 16.5. The van der Waals surface area contributed by atoms with Crippen LogP contribution in [-0.4, -0.2) is 16.6 Å². The fourth-order valence-corrected chi connectivity index (χ4v) is 1.04. The molecule has 1 heterocycles. The van der Waals surface area contributed by atoms with Crippen molar-refractivity contribution in [2.45, 2.75) is 38.8 Å². The van der Waals surface area contributed by atoms with E-state index < -0.39 is 0 Å². The molecule has 0 aliphatic heterocycles. The number of nitrogens with two attached hydrogens (primary N) is 1. The van der Waals surface area contributed by atoms with Crippen LogP contribution in [0.5, 0.6) is 0 Å². The highest BCUT2D eigenvalue weighted by molar-refractivity contribution is 5.75. The summed E-state index contributed by atoms with van der Waals surface area (Å²) in [5.41, 5.74) is 6.18. The molecule has 0 aliphatic carbocycles. The van der Waals surface area contributed by atoms with Gasteiger partial charge in [-0.1, -0.05) is 5.16 Å². The third-order valence-corrected chi connectivity index (χ3v) is 1.95. The monoisotopic (exact) mass is 211 g/mol. The lowest BCUT2D eigenvalue weighted by molar-refractivity contribution is -0.121. The zero-order valence-electron chi connectivity index (χ0n) is 9.12. The number of nitrogens with one attached hydrogen (secondary N) is 1. The van der Waals surface area contributed by atoms with Crippen molar-refractivity contribution >= 4 is 5.91 Å².